The highest BCUT2D eigenvalue weighted by atomic mass is 16.1. The van der Waals surface area contributed by atoms with Crippen molar-refractivity contribution in [2.24, 2.45) is 0 Å². The Labute approximate surface area is 82.3 Å². The highest BCUT2D eigenvalue weighted by Crippen LogP contribution is 2.15. The van der Waals surface area contributed by atoms with Gasteiger partial charge in [0.15, 0.2) is 5.78 Å². The summed E-state index contributed by atoms with van der Waals surface area (Å²) in [6, 6.07) is 0. The molecule has 14 heavy (non-hydrogen) atoms. The zero-order chi connectivity index (χ0) is 9.54. The Kier molecular flexibility index (Phi) is 1.63. The van der Waals surface area contributed by atoms with Crippen LogP contribution in [-0.4, -0.2) is 10.8 Å². The van der Waals surface area contributed by atoms with Crippen molar-refractivity contribution in [3.63, 3.8) is 0 Å². The molecule has 0 spiro atoms. The van der Waals surface area contributed by atoms with E-state index >= 15 is 0 Å². The third kappa shape index (κ3) is 0.999. The quantitative estimate of drug-likeness (QED) is 0.643. The van der Waals surface area contributed by atoms with Crippen molar-refractivity contribution >= 4 is 17.9 Å². The molecule has 0 bridgehead atoms. The fraction of sp³-hybridized carbons (Fsp3) is 0.417. The van der Waals surface area contributed by atoms with E-state index in [0.717, 1.165) is 37.7 Å². The summed E-state index contributed by atoms with van der Waals surface area (Å²) in [4.78, 5) is 15.1. The molecule has 2 heteroatoms. The van der Waals surface area contributed by atoms with Crippen LogP contribution in [0, 0.1) is 0 Å². The van der Waals surface area contributed by atoms with Gasteiger partial charge in [-0.15, -0.1) is 0 Å². The summed E-state index contributed by atoms with van der Waals surface area (Å²) < 4.78 is 0. The van der Waals surface area contributed by atoms with Crippen molar-refractivity contribution < 1.29 is 4.79 Å². The average molecular weight is 187 g/mol. The summed E-state index contributed by atoms with van der Waals surface area (Å²) in [7, 11) is 0. The number of H-pyrrole nitrogens is 1. The van der Waals surface area contributed by atoms with Crippen molar-refractivity contribution in [3.05, 3.63) is 21.8 Å². The largest absolute Gasteiger partial charge is 0.358 e. The number of ketones is 1. The van der Waals surface area contributed by atoms with Gasteiger partial charge >= 0.3 is 0 Å². The first-order valence-electron chi connectivity index (χ1n) is 5.31. The number of aromatic nitrogens is 1. The van der Waals surface area contributed by atoms with Gasteiger partial charge < -0.3 is 4.98 Å². The number of aromatic amines is 1. The minimum atomic E-state index is 0.329. The minimum Gasteiger partial charge on any atom is -0.358 e. The van der Waals surface area contributed by atoms with Gasteiger partial charge in [-0.3, -0.25) is 4.79 Å². The lowest BCUT2D eigenvalue weighted by Gasteiger charge is -2.09. The maximum absolute atomic E-state index is 11.8. The third-order valence-electron chi connectivity index (χ3n) is 3.12. The number of carbonyl (C=O) groups is 1. The van der Waals surface area contributed by atoms with Gasteiger partial charge in [-0.25, -0.2) is 0 Å². The van der Waals surface area contributed by atoms with Crippen molar-refractivity contribution in [1.82, 2.24) is 4.98 Å². The predicted molar refractivity (Wildman–Crippen MR) is 55.5 cm³/mol. The first-order valence-corrected chi connectivity index (χ1v) is 5.31. The molecule has 0 aromatic carbocycles. The summed E-state index contributed by atoms with van der Waals surface area (Å²) >= 11 is 0. The third-order valence-corrected chi connectivity index (χ3v) is 3.12. The highest BCUT2D eigenvalue weighted by molar-refractivity contribution is 5.98. The lowest BCUT2D eigenvalue weighted by atomic mass is 9.94. The number of nitrogens with one attached hydrogen (secondary N) is 1. The lowest BCUT2D eigenvalue weighted by molar-refractivity contribution is 0.0971. The van der Waals surface area contributed by atoms with Crippen LogP contribution < -0.4 is 10.6 Å². The maximum atomic E-state index is 11.8. The molecular formula is C12H13NO. The molecule has 0 saturated carbocycles. The molecule has 0 unspecified atom stereocenters. The van der Waals surface area contributed by atoms with E-state index in [-0.39, 0.29) is 0 Å². The standard InChI is InChI=1S/C12H13NO/c14-11-7-3-6-10-12(11)8-4-1-2-5-9(8)13-10/h4-5,13H,1-3,6-7H2. The number of hydrogen-bond acceptors (Lipinski definition) is 1. The van der Waals surface area contributed by atoms with Crippen molar-refractivity contribution in [3.8, 4) is 0 Å². The van der Waals surface area contributed by atoms with E-state index in [1.807, 2.05) is 0 Å². The molecule has 1 N–H and O–H groups in total. The fourth-order valence-corrected chi connectivity index (χ4v) is 2.47. The van der Waals surface area contributed by atoms with Crippen molar-refractivity contribution in [2.75, 3.05) is 0 Å². The van der Waals surface area contributed by atoms with Gasteiger partial charge in [0.25, 0.3) is 0 Å². The Morgan fingerprint density at radius 1 is 1.14 bits per heavy atom. The van der Waals surface area contributed by atoms with E-state index in [2.05, 4.69) is 17.1 Å². The van der Waals surface area contributed by atoms with E-state index < -0.39 is 0 Å². The van der Waals surface area contributed by atoms with Crippen LogP contribution in [0.4, 0.5) is 0 Å². The van der Waals surface area contributed by atoms with E-state index in [0.29, 0.717) is 5.78 Å². The summed E-state index contributed by atoms with van der Waals surface area (Å²) in [6.07, 6.45) is 9.35. The van der Waals surface area contributed by atoms with Gasteiger partial charge in [0.05, 0.1) is 0 Å². The molecule has 0 aliphatic heterocycles. The van der Waals surface area contributed by atoms with Crippen LogP contribution in [0.25, 0.3) is 12.2 Å². The van der Waals surface area contributed by atoms with Gasteiger partial charge in [-0.2, -0.15) is 0 Å². The molecular weight excluding hydrogens is 174 g/mol. The normalized spacial score (nSPS) is 19.3. The molecule has 0 fully saturated rings. The van der Waals surface area contributed by atoms with Crippen LogP contribution >= 0.6 is 0 Å². The number of hydrogen-bond donors (Lipinski definition) is 1. The van der Waals surface area contributed by atoms with Crippen LogP contribution in [0.5, 0.6) is 0 Å². The van der Waals surface area contributed by atoms with Crippen LogP contribution in [0.3, 0.4) is 0 Å². The number of carbonyl (C=O) groups excluding carboxylic acids is 1. The second-order valence-corrected chi connectivity index (χ2v) is 4.07. The first-order chi connectivity index (χ1) is 6.86. The Hall–Kier alpha value is -1.31. The summed E-state index contributed by atoms with van der Waals surface area (Å²) in [6.45, 7) is 0. The predicted octanol–water partition coefficient (Wildman–Crippen LogP) is 0.888. The monoisotopic (exact) mass is 187 g/mol. The van der Waals surface area contributed by atoms with E-state index in [4.69, 9.17) is 0 Å². The Balaban J connectivity index is 2.38. The van der Waals surface area contributed by atoms with Crippen LogP contribution in [0.15, 0.2) is 0 Å². The van der Waals surface area contributed by atoms with Gasteiger partial charge in [0, 0.05) is 28.2 Å². The molecule has 1 heterocycles. The van der Waals surface area contributed by atoms with Gasteiger partial charge in [0.1, 0.15) is 0 Å². The molecule has 2 aliphatic carbocycles. The average Bonchev–Trinajstić information content (AvgIpc) is 2.57. The molecule has 0 amide bonds. The van der Waals surface area contributed by atoms with Gasteiger partial charge in [-0.05, 0) is 25.7 Å². The first kappa shape index (κ1) is 8.04. The van der Waals surface area contributed by atoms with Crippen LogP contribution in [-0.2, 0) is 6.42 Å². The van der Waals surface area contributed by atoms with E-state index in [9.17, 15) is 4.79 Å². The number of aryl methyl sites for hydroxylation is 1. The van der Waals surface area contributed by atoms with E-state index in [1.54, 1.807) is 0 Å². The number of fused-ring (bicyclic) bond motifs is 3. The van der Waals surface area contributed by atoms with Gasteiger partial charge in [-0.1, -0.05) is 12.2 Å². The van der Waals surface area contributed by atoms with E-state index in [1.165, 1.54) is 16.3 Å². The number of rotatable bonds is 0. The van der Waals surface area contributed by atoms with Crippen molar-refractivity contribution in [1.29, 1.82) is 0 Å². The Morgan fingerprint density at radius 3 is 2.93 bits per heavy atom. The number of Topliss-reactive ketones (excluding diaryl/α,β-unsaturated/α-hetero) is 1. The zero-order valence-corrected chi connectivity index (χ0v) is 8.10. The Morgan fingerprint density at radius 2 is 2.00 bits per heavy atom. The fourth-order valence-electron chi connectivity index (χ4n) is 2.47. The molecule has 0 radical (unpaired) electrons. The summed E-state index contributed by atoms with van der Waals surface area (Å²) in [5, 5.41) is 2.35. The molecule has 0 atom stereocenters. The molecule has 72 valence electrons. The minimum absolute atomic E-state index is 0.329. The zero-order valence-electron chi connectivity index (χ0n) is 8.10. The molecule has 3 rings (SSSR count). The molecule has 1 aromatic heterocycles. The summed E-state index contributed by atoms with van der Waals surface area (Å²) in [5.41, 5.74) is 2.16. The molecule has 2 nitrogen and oxygen atoms in total. The molecule has 1 aromatic rings. The Bertz CT molecular complexity index is 507. The summed E-state index contributed by atoms with van der Waals surface area (Å²) in [5.74, 6) is 0.329. The van der Waals surface area contributed by atoms with Crippen molar-refractivity contribution in [2.45, 2.75) is 32.1 Å². The van der Waals surface area contributed by atoms with Crippen LogP contribution in [0.1, 0.15) is 41.7 Å². The smallest absolute Gasteiger partial charge is 0.165 e. The lowest BCUT2D eigenvalue weighted by Crippen LogP contribution is -2.29. The SMILES string of the molecule is O=C1CCCc2[nH]c3c(c21)=CCCC=3. The van der Waals surface area contributed by atoms with Gasteiger partial charge in [0.2, 0.25) is 0 Å². The van der Waals surface area contributed by atoms with Crippen LogP contribution in [0.2, 0.25) is 0 Å². The topological polar surface area (TPSA) is 32.9 Å². The molecule has 2 aliphatic rings. The molecule has 0 saturated heterocycles. The second-order valence-electron chi connectivity index (χ2n) is 4.07. The highest BCUT2D eigenvalue weighted by Gasteiger charge is 2.20. The second kappa shape index (κ2) is 2.84. The maximum Gasteiger partial charge on any atom is 0.165 e.